The number of fused-ring (bicyclic) bond motifs is 1. The zero-order valence-electron chi connectivity index (χ0n) is 14.5. The number of benzene rings is 1. The molecule has 1 aliphatic heterocycles. The summed E-state index contributed by atoms with van der Waals surface area (Å²) in [5.41, 5.74) is 5.49. The summed E-state index contributed by atoms with van der Waals surface area (Å²) in [5.74, 6) is 0. The van der Waals surface area contributed by atoms with Gasteiger partial charge in [-0.05, 0) is 24.0 Å². The molecule has 0 aliphatic carbocycles. The summed E-state index contributed by atoms with van der Waals surface area (Å²) >= 11 is 7.85. The second-order valence-corrected chi connectivity index (χ2v) is 7.50. The smallest absolute Gasteiger partial charge is 0.187 e. The molecule has 0 saturated carbocycles. The van der Waals surface area contributed by atoms with Crippen LogP contribution in [0.3, 0.4) is 0 Å². The van der Waals surface area contributed by atoms with Crippen LogP contribution in [-0.4, -0.2) is 32.7 Å². The highest BCUT2D eigenvalue weighted by Crippen LogP contribution is 2.26. The van der Waals surface area contributed by atoms with Crippen LogP contribution in [0.1, 0.15) is 16.8 Å². The molecule has 3 aromatic rings. The topological polar surface area (TPSA) is 41.9 Å². The monoisotopic (exact) mass is 382 g/mol. The maximum Gasteiger partial charge on any atom is 0.187 e. The van der Waals surface area contributed by atoms with Crippen molar-refractivity contribution in [2.45, 2.75) is 24.7 Å². The molecular weight excluding hydrogens is 364 g/mol. The molecule has 0 radical (unpaired) electrons. The van der Waals surface area contributed by atoms with E-state index in [1.165, 1.54) is 16.8 Å². The van der Waals surface area contributed by atoms with E-state index in [0.29, 0.717) is 0 Å². The standard InChI is InChI=1S/C20H19ClN4S/c1-26-20-23-11-15-13-25(9-8-18(15)24-20)12-14-6-7-19(22-10-14)16-4-2-3-5-17(16)21/h2-7,10-11H,8-9,12-13H2,1H3. The quantitative estimate of drug-likeness (QED) is 0.491. The molecule has 3 heterocycles. The van der Waals surface area contributed by atoms with Crippen molar-refractivity contribution < 1.29 is 0 Å². The predicted octanol–water partition coefficient (Wildman–Crippen LogP) is 4.47. The maximum absolute atomic E-state index is 6.26. The molecule has 0 unspecified atom stereocenters. The van der Waals surface area contributed by atoms with Crippen molar-refractivity contribution in [2.24, 2.45) is 0 Å². The summed E-state index contributed by atoms with van der Waals surface area (Å²) < 4.78 is 0. The van der Waals surface area contributed by atoms with E-state index < -0.39 is 0 Å². The van der Waals surface area contributed by atoms with Crippen molar-refractivity contribution in [2.75, 3.05) is 12.8 Å². The van der Waals surface area contributed by atoms with Crippen LogP contribution in [-0.2, 0) is 19.5 Å². The molecule has 1 aliphatic rings. The van der Waals surface area contributed by atoms with Crippen molar-refractivity contribution in [3.63, 3.8) is 0 Å². The predicted molar refractivity (Wildman–Crippen MR) is 106 cm³/mol. The van der Waals surface area contributed by atoms with Gasteiger partial charge in [0.2, 0.25) is 0 Å². The Morgan fingerprint density at radius 2 is 2.00 bits per heavy atom. The first-order chi connectivity index (χ1) is 12.7. The largest absolute Gasteiger partial charge is 0.294 e. The molecule has 0 bridgehead atoms. The van der Waals surface area contributed by atoms with Crippen LogP contribution < -0.4 is 0 Å². The van der Waals surface area contributed by atoms with Crippen molar-refractivity contribution in [3.05, 3.63) is 70.6 Å². The Hall–Kier alpha value is -1.95. The molecule has 0 N–H and O–H groups in total. The van der Waals surface area contributed by atoms with Crippen LogP contribution in [0, 0.1) is 0 Å². The van der Waals surface area contributed by atoms with Crippen LogP contribution in [0.4, 0.5) is 0 Å². The summed E-state index contributed by atoms with van der Waals surface area (Å²) in [6, 6.07) is 12.0. The minimum absolute atomic E-state index is 0.727. The van der Waals surface area contributed by atoms with Gasteiger partial charge >= 0.3 is 0 Å². The summed E-state index contributed by atoms with van der Waals surface area (Å²) in [4.78, 5) is 16.0. The number of pyridine rings is 1. The molecule has 4 nitrogen and oxygen atoms in total. The fourth-order valence-corrected chi connectivity index (χ4v) is 3.79. The Bertz CT molecular complexity index is 914. The zero-order chi connectivity index (χ0) is 17.9. The Labute approximate surface area is 162 Å². The van der Waals surface area contributed by atoms with E-state index >= 15 is 0 Å². The van der Waals surface area contributed by atoms with Gasteiger partial charge in [0.15, 0.2) is 5.16 Å². The average molecular weight is 383 g/mol. The first-order valence-electron chi connectivity index (χ1n) is 8.54. The third-order valence-corrected chi connectivity index (χ3v) is 5.45. The molecule has 26 heavy (non-hydrogen) atoms. The van der Waals surface area contributed by atoms with Gasteiger partial charge in [0, 0.05) is 54.6 Å². The van der Waals surface area contributed by atoms with Gasteiger partial charge in [-0.2, -0.15) is 0 Å². The van der Waals surface area contributed by atoms with E-state index in [0.717, 1.165) is 47.5 Å². The van der Waals surface area contributed by atoms with Crippen LogP contribution in [0.25, 0.3) is 11.3 Å². The molecule has 0 saturated heterocycles. The van der Waals surface area contributed by atoms with Crippen molar-refractivity contribution in [1.29, 1.82) is 0 Å². The minimum atomic E-state index is 0.727. The average Bonchev–Trinajstić information content (AvgIpc) is 2.69. The fraction of sp³-hybridized carbons (Fsp3) is 0.250. The Balaban J connectivity index is 1.46. The van der Waals surface area contributed by atoms with Crippen LogP contribution in [0.5, 0.6) is 0 Å². The van der Waals surface area contributed by atoms with Gasteiger partial charge in [-0.25, -0.2) is 9.97 Å². The van der Waals surface area contributed by atoms with Crippen molar-refractivity contribution in [1.82, 2.24) is 19.9 Å². The van der Waals surface area contributed by atoms with Gasteiger partial charge in [0.1, 0.15) is 0 Å². The zero-order valence-corrected chi connectivity index (χ0v) is 16.1. The Morgan fingerprint density at radius 3 is 2.77 bits per heavy atom. The van der Waals surface area contributed by atoms with Crippen molar-refractivity contribution in [3.8, 4) is 11.3 Å². The van der Waals surface area contributed by atoms with Crippen LogP contribution >= 0.6 is 23.4 Å². The summed E-state index contributed by atoms with van der Waals surface area (Å²) in [6.45, 7) is 2.76. The molecular formula is C20H19ClN4S. The molecule has 2 aromatic heterocycles. The number of rotatable bonds is 4. The number of hydrogen-bond acceptors (Lipinski definition) is 5. The SMILES string of the molecule is CSc1ncc2c(n1)CCN(Cc1ccc(-c3ccccc3Cl)nc1)C2. The first-order valence-corrected chi connectivity index (χ1v) is 10.1. The van der Waals surface area contributed by atoms with Gasteiger partial charge in [-0.3, -0.25) is 9.88 Å². The Kier molecular flexibility index (Phi) is 5.20. The lowest BCUT2D eigenvalue weighted by Crippen LogP contribution is -2.31. The highest BCUT2D eigenvalue weighted by Gasteiger charge is 2.18. The van der Waals surface area contributed by atoms with Gasteiger partial charge in [-0.1, -0.05) is 47.6 Å². The summed E-state index contributed by atoms with van der Waals surface area (Å²) in [6.07, 6.45) is 6.90. The highest BCUT2D eigenvalue weighted by atomic mass is 35.5. The summed E-state index contributed by atoms with van der Waals surface area (Å²) in [7, 11) is 0. The lowest BCUT2D eigenvalue weighted by Gasteiger charge is -2.27. The van der Waals surface area contributed by atoms with Gasteiger partial charge in [0.25, 0.3) is 0 Å². The molecule has 0 spiro atoms. The van der Waals surface area contributed by atoms with Crippen molar-refractivity contribution >= 4 is 23.4 Å². The molecule has 4 rings (SSSR count). The number of nitrogens with zero attached hydrogens (tertiary/aromatic N) is 4. The number of hydrogen-bond donors (Lipinski definition) is 0. The third-order valence-electron chi connectivity index (χ3n) is 4.55. The fourth-order valence-electron chi connectivity index (χ4n) is 3.19. The lowest BCUT2D eigenvalue weighted by atomic mass is 10.1. The molecule has 0 amide bonds. The maximum atomic E-state index is 6.26. The number of aromatic nitrogens is 3. The second kappa shape index (κ2) is 7.74. The molecule has 0 fully saturated rings. The number of halogens is 1. The van der Waals surface area contributed by atoms with E-state index in [9.17, 15) is 0 Å². The number of thioether (sulfide) groups is 1. The molecule has 1 aromatic carbocycles. The van der Waals surface area contributed by atoms with E-state index in [4.69, 9.17) is 11.6 Å². The summed E-state index contributed by atoms with van der Waals surface area (Å²) in [5, 5.41) is 1.58. The van der Waals surface area contributed by atoms with E-state index in [-0.39, 0.29) is 0 Å². The Morgan fingerprint density at radius 1 is 1.12 bits per heavy atom. The highest BCUT2D eigenvalue weighted by molar-refractivity contribution is 7.98. The van der Waals surface area contributed by atoms with E-state index in [1.54, 1.807) is 11.8 Å². The van der Waals surface area contributed by atoms with Gasteiger partial charge < -0.3 is 0 Å². The normalized spacial score (nSPS) is 14.2. The first kappa shape index (κ1) is 17.5. The lowest BCUT2D eigenvalue weighted by molar-refractivity contribution is 0.242. The molecule has 132 valence electrons. The van der Waals surface area contributed by atoms with Gasteiger partial charge in [0.05, 0.1) is 11.4 Å². The van der Waals surface area contributed by atoms with Crippen LogP contribution in [0.15, 0.2) is 53.9 Å². The molecule has 6 heteroatoms. The third kappa shape index (κ3) is 3.75. The van der Waals surface area contributed by atoms with Gasteiger partial charge in [-0.15, -0.1) is 0 Å². The van der Waals surface area contributed by atoms with E-state index in [1.807, 2.05) is 49.0 Å². The molecule has 0 atom stereocenters. The van der Waals surface area contributed by atoms with E-state index in [2.05, 4.69) is 25.9 Å². The van der Waals surface area contributed by atoms with Crippen LogP contribution in [0.2, 0.25) is 5.02 Å². The minimum Gasteiger partial charge on any atom is -0.294 e. The second-order valence-electron chi connectivity index (χ2n) is 6.32.